The number of hydrogen-bond acceptors (Lipinski definition) is 3. The maximum Gasteiger partial charge on any atom is 0.224 e. The molecule has 1 fully saturated rings. The van der Waals surface area contributed by atoms with Crippen molar-refractivity contribution in [3.63, 3.8) is 0 Å². The molecule has 3 rings (SSSR count). The van der Waals surface area contributed by atoms with Crippen LogP contribution in [0.15, 0.2) is 53.5 Å². The van der Waals surface area contributed by atoms with Crippen molar-refractivity contribution in [1.29, 1.82) is 0 Å². The first-order chi connectivity index (χ1) is 14.5. The molecule has 0 aliphatic carbocycles. The molecule has 160 valence electrons. The number of nitrogens with one attached hydrogen (secondary N) is 2. The zero-order valence-electron chi connectivity index (χ0n) is 17.1. The minimum atomic E-state index is -0.276. The van der Waals surface area contributed by atoms with E-state index in [2.05, 4.69) is 20.5 Å². The van der Waals surface area contributed by atoms with Crippen molar-refractivity contribution < 1.29 is 13.6 Å². The Morgan fingerprint density at radius 3 is 2.40 bits per heavy atom. The smallest absolute Gasteiger partial charge is 0.224 e. The quantitative estimate of drug-likeness (QED) is 0.562. The highest BCUT2D eigenvalue weighted by atomic mass is 19.1. The van der Waals surface area contributed by atoms with Crippen LogP contribution in [0.3, 0.4) is 0 Å². The van der Waals surface area contributed by atoms with Gasteiger partial charge in [0.05, 0.1) is 0 Å². The first kappa shape index (κ1) is 21.5. The third kappa shape index (κ3) is 6.17. The molecule has 0 spiro atoms. The summed E-state index contributed by atoms with van der Waals surface area (Å²) in [5, 5.41) is 6.22. The van der Waals surface area contributed by atoms with Gasteiger partial charge in [0.1, 0.15) is 11.6 Å². The Kier molecular flexibility index (Phi) is 7.59. The molecule has 0 bridgehead atoms. The molecule has 1 aliphatic heterocycles. The minimum absolute atomic E-state index is 0.0850. The number of halogens is 2. The summed E-state index contributed by atoms with van der Waals surface area (Å²) in [5.41, 5.74) is 1.78. The Morgan fingerprint density at radius 2 is 1.73 bits per heavy atom. The molecule has 1 aliphatic rings. The summed E-state index contributed by atoms with van der Waals surface area (Å²) in [4.78, 5) is 20.6. The lowest BCUT2D eigenvalue weighted by atomic mass is 10.2. The third-order valence-corrected chi connectivity index (χ3v) is 5.03. The maximum absolute atomic E-state index is 13.2. The van der Waals surface area contributed by atoms with E-state index >= 15 is 0 Å². The average Bonchev–Trinajstić information content (AvgIpc) is 2.76. The number of guanidine groups is 1. The Labute approximate surface area is 175 Å². The second-order valence-electron chi connectivity index (χ2n) is 7.08. The summed E-state index contributed by atoms with van der Waals surface area (Å²) in [6, 6.07) is 12.8. The number of anilines is 1. The lowest BCUT2D eigenvalue weighted by Crippen LogP contribution is -2.49. The molecule has 0 atom stereocenters. The molecule has 2 N–H and O–H groups in total. The van der Waals surface area contributed by atoms with Crippen LogP contribution in [-0.4, -0.2) is 56.5 Å². The number of piperazine rings is 1. The van der Waals surface area contributed by atoms with Gasteiger partial charge in [0.25, 0.3) is 0 Å². The van der Waals surface area contributed by atoms with Crippen molar-refractivity contribution in [3.8, 4) is 0 Å². The number of rotatable bonds is 6. The highest BCUT2D eigenvalue weighted by molar-refractivity contribution is 5.81. The number of carbonyl (C=O) groups excluding carboxylic acids is 1. The van der Waals surface area contributed by atoms with Crippen LogP contribution >= 0.6 is 0 Å². The van der Waals surface area contributed by atoms with E-state index in [1.807, 2.05) is 11.0 Å². The van der Waals surface area contributed by atoms with Gasteiger partial charge in [-0.2, -0.15) is 0 Å². The minimum Gasteiger partial charge on any atom is -0.368 e. The fourth-order valence-electron chi connectivity index (χ4n) is 3.37. The predicted octanol–water partition coefficient (Wildman–Crippen LogP) is 2.37. The van der Waals surface area contributed by atoms with Crippen LogP contribution in [0.1, 0.15) is 12.0 Å². The molecule has 1 heterocycles. The summed E-state index contributed by atoms with van der Waals surface area (Å²) < 4.78 is 26.3. The van der Waals surface area contributed by atoms with Crippen LogP contribution in [0.5, 0.6) is 0 Å². The van der Waals surface area contributed by atoms with Gasteiger partial charge in [-0.25, -0.2) is 8.78 Å². The van der Waals surface area contributed by atoms with Gasteiger partial charge in [-0.3, -0.25) is 9.79 Å². The number of nitrogens with zero attached hydrogens (tertiary/aromatic N) is 3. The van der Waals surface area contributed by atoms with Gasteiger partial charge in [-0.15, -0.1) is 0 Å². The molecular weight excluding hydrogens is 388 g/mol. The molecule has 2 aromatic rings. The SMILES string of the molecule is CN=C(NCCC(=O)N1CCN(c2ccc(F)cc2)CC1)NCc1cccc(F)c1. The molecular formula is C22H27F2N5O. The van der Waals surface area contributed by atoms with E-state index in [-0.39, 0.29) is 17.5 Å². The summed E-state index contributed by atoms with van der Waals surface area (Å²) in [7, 11) is 1.65. The molecule has 0 aromatic heterocycles. The van der Waals surface area contributed by atoms with E-state index in [0.29, 0.717) is 38.6 Å². The molecule has 6 nitrogen and oxygen atoms in total. The number of hydrogen-bond donors (Lipinski definition) is 2. The van der Waals surface area contributed by atoms with Crippen molar-refractivity contribution in [2.45, 2.75) is 13.0 Å². The first-order valence-corrected chi connectivity index (χ1v) is 10.0. The average molecular weight is 415 g/mol. The van der Waals surface area contributed by atoms with Gasteiger partial charge in [0.2, 0.25) is 5.91 Å². The predicted molar refractivity (Wildman–Crippen MR) is 114 cm³/mol. The van der Waals surface area contributed by atoms with Crippen molar-refractivity contribution >= 4 is 17.6 Å². The molecule has 1 saturated heterocycles. The first-order valence-electron chi connectivity index (χ1n) is 10.0. The fourth-order valence-corrected chi connectivity index (χ4v) is 3.37. The Bertz CT molecular complexity index is 864. The van der Waals surface area contributed by atoms with E-state index in [0.717, 1.165) is 24.3 Å². The van der Waals surface area contributed by atoms with E-state index in [9.17, 15) is 13.6 Å². The summed E-state index contributed by atoms with van der Waals surface area (Å²) in [5.74, 6) is 0.123. The Hall–Kier alpha value is -3.16. The molecule has 8 heteroatoms. The van der Waals surface area contributed by atoms with Crippen LogP contribution in [0.2, 0.25) is 0 Å². The molecule has 2 aromatic carbocycles. The number of aliphatic imine (C=N–C) groups is 1. The maximum atomic E-state index is 13.2. The largest absolute Gasteiger partial charge is 0.368 e. The molecule has 0 saturated carbocycles. The van der Waals surface area contributed by atoms with Crippen LogP contribution in [-0.2, 0) is 11.3 Å². The van der Waals surface area contributed by atoms with Crippen molar-refractivity contribution in [2.24, 2.45) is 4.99 Å². The van der Waals surface area contributed by atoms with Gasteiger partial charge >= 0.3 is 0 Å². The van der Waals surface area contributed by atoms with Gasteiger partial charge in [0.15, 0.2) is 5.96 Å². The van der Waals surface area contributed by atoms with E-state index in [1.54, 1.807) is 25.2 Å². The summed E-state index contributed by atoms with van der Waals surface area (Å²) >= 11 is 0. The van der Waals surface area contributed by atoms with Crippen molar-refractivity contribution in [2.75, 3.05) is 44.7 Å². The second-order valence-corrected chi connectivity index (χ2v) is 7.08. The van der Waals surface area contributed by atoms with E-state index in [4.69, 9.17) is 0 Å². The lowest BCUT2D eigenvalue weighted by molar-refractivity contribution is -0.131. The zero-order valence-corrected chi connectivity index (χ0v) is 17.1. The number of carbonyl (C=O) groups is 1. The molecule has 0 radical (unpaired) electrons. The fraction of sp³-hybridized carbons (Fsp3) is 0.364. The van der Waals surface area contributed by atoms with Crippen LogP contribution in [0.25, 0.3) is 0 Å². The summed E-state index contributed by atoms with van der Waals surface area (Å²) in [6.07, 6.45) is 0.358. The monoisotopic (exact) mass is 415 g/mol. The Morgan fingerprint density at radius 1 is 1.00 bits per heavy atom. The molecule has 0 unspecified atom stereocenters. The van der Waals surface area contributed by atoms with Crippen LogP contribution in [0.4, 0.5) is 14.5 Å². The highest BCUT2D eigenvalue weighted by Gasteiger charge is 2.21. The Balaban J connectivity index is 1.37. The standard InChI is InChI=1S/C22H27F2N5O/c1-25-22(27-16-17-3-2-4-19(24)15-17)26-10-9-21(30)29-13-11-28(12-14-29)20-7-5-18(23)6-8-20/h2-8,15H,9-14,16H2,1H3,(H2,25,26,27). The number of benzene rings is 2. The van der Waals surface area contributed by atoms with E-state index in [1.165, 1.54) is 24.3 Å². The van der Waals surface area contributed by atoms with Crippen molar-refractivity contribution in [1.82, 2.24) is 15.5 Å². The van der Waals surface area contributed by atoms with Gasteiger partial charge in [-0.1, -0.05) is 12.1 Å². The second kappa shape index (κ2) is 10.6. The lowest BCUT2D eigenvalue weighted by Gasteiger charge is -2.36. The van der Waals surface area contributed by atoms with Gasteiger partial charge < -0.3 is 20.4 Å². The van der Waals surface area contributed by atoms with Gasteiger partial charge in [0, 0.05) is 58.4 Å². The highest BCUT2D eigenvalue weighted by Crippen LogP contribution is 2.17. The van der Waals surface area contributed by atoms with E-state index < -0.39 is 0 Å². The normalized spacial score (nSPS) is 14.6. The van der Waals surface area contributed by atoms with Gasteiger partial charge in [-0.05, 0) is 42.0 Å². The van der Waals surface area contributed by atoms with Crippen molar-refractivity contribution in [3.05, 3.63) is 65.7 Å². The number of amides is 1. The zero-order chi connectivity index (χ0) is 21.3. The third-order valence-electron chi connectivity index (χ3n) is 5.03. The van der Waals surface area contributed by atoms with Crippen LogP contribution in [0, 0.1) is 11.6 Å². The topological polar surface area (TPSA) is 60.0 Å². The summed E-state index contributed by atoms with van der Waals surface area (Å²) in [6.45, 7) is 3.63. The molecule has 1 amide bonds. The molecule has 30 heavy (non-hydrogen) atoms. The van der Waals surface area contributed by atoms with Crippen LogP contribution < -0.4 is 15.5 Å².